The summed E-state index contributed by atoms with van der Waals surface area (Å²) < 4.78 is 12.5. The molecule has 1 atom stereocenters. The van der Waals surface area contributed by atoms with Gasteiger partial charge in [-0.05, 0) is 18.6 Å². The number of benzene rings is 1. The van der Waals surface area contributed by atoms with Crippen LogP contribution in [0.4, 0.5) is 0 Å². The van der Waals surface area contributed by atoms with Gasteiger partial charge in [-0.2, -0.15) is 5.10 Å². The van der Waals surface area contributed by atoms with Crippen molar-refractivity contribution in [3.8, 4) is 5.75 Å². The van der Waals surface area contributed by atoms with Gasteiger partial charge in [-0.1, -0.05) is 18.2 Å². The highest BCUT2D eigenvalue weighted by Crippen LogP contribution is 2.33. The van der Waals surface area contributed by atoms with Crippen molar-refractivity contribution in [2.24, 2.45) is 7.05 Å². The summed E-state index contributed by atoms with van der Waals surface area (Å²) in [6.45, 7) is 1.02. The Kier molecular flexibility index (Phi) is 3.41. The zero-order valence-corrected chi connectivity index (χ0v) is 11.3. The first-order chi connectivity index (χ1) is 9.75. The maximum Gasteiger partial charge on any atom is 0.356 e. The van der Waals surface area contributed by atoms with E-state index in [0.29, 0.717) is 18.9 Å². The van der Waals surface area contributed by atoms with E-state index in [4.69, 9.17) is 9.47 Å². The lowest BCUT2D eigenvalue weighted by Gasteiger charge is -2.25. The molecule has 5 nitrogen and oxygen atoms in total. The zero-order valence-electron chi connectivity index (χ0n) is 11.3. The maximum absolute atomic E-state index is 12.0. The Labute approximate surface area is 117 Å². The Bertz CT molecular complexity index is 621. The number of carbonyl (C=O) groups is 1. The molecular weight excluding hydrogens is 256 g/mol. The summed E-state index contributed by atoms with van der Waals surface area (Å²) in [7, 11) is 1.72. The van der Waals surface area contributed by atoms with Gasteiger partial charge >= 0.3 is 5.97 Å². The summed E-state index contributed by atoms with van der Waals surface area (Å²) >= 11 is 0. The number of rotatable bonds is 3. The molecule has 0 radical (unpaired) electrons. The smallest absolute Gasteiger partial charge is 0.356 e. The van der Waals surface area contributed by atoms with Crippen LogP contribution in [0.15, 0.2) is 36.5 Å². The number of hydrogen-bond acceptors (Lipinski definition) is 4. The lowest BCUT2D eigenvalue weighted by molar-refractivity contribution is 0.0446. The predicted octanol–water partition coefficient (Wildman–Crippen LogP) is 2.14. The first-order valence-corrected chi connectivity index (χ1v) is 6.62. The molecule has 3 rings (SSSR count). The van der Waals surface area contributed by atoms with Crippen molar-refractivity contribution in [3.63, 3.8) is 0 Å². The summed E-state index contributed by atoms with van der Waals surface area (Å²) in [5.41, 5.74) is 1.57. The molecule has 2 heterocycles. The largest absolute Gasteiger partial charge is 0.493 e. The summed E-state index contributed by atoms with van der Waals surface area (Å²) in [4.78, 5) is 12.0. The second-order valence-corrected chi connectivity index (χ2v) is 4.81. The number of carbonyl (C=O) groups excluding carboxylic acids is 1. The highest BCUT2D eigenvalue weighted by molar-refractivity contribution is 5.87. The normalized spacial score (nSPS) is 17.1. The molecule has 104 valence electrons. The number of nitrogens with zero attached hydrogens (tertiary/aromatic N) is 2. The van der Waals surface area contributed by atoms with E-state index in [1.165, 1.54) is 4.68 Å². The van der Waals surface area contributed by atoms with Crippen LogP contribution in [-0.4, -0.2) is 29.0 Å². The molecule has 1 unspecified atom stereocenters. The summed E-state index contributed by atoms with van der Waals surface area (Å²) in [5.74, 6) is 0.742. The topological polar surface area (TPSA) is 53.4 Å². The maximum atomic E-state index is 12.0. The summed E-state index contributed by atoms with van der Waals surface area (Å²) in [6, 6.07) is 9.55. The molecule has 0 amide bonds. The number of esters is 1. The van der Waals surface area contributed by atoms with Gasteiger partial charge in [0.2, 0.25) is 0 Å². The molecule has 1 aromatic heterocycles. The Hall–Kier alpha value is -2.30. The quantitative estimate of drug-likeness (QED) is 0.803. The highest BCUT2D eigenvalue weighted by atomic mass is 16.5. The molecule has 1 aliphatic heterocycles. The minimum absolute atomic E-state index is 0.192. The SMILES string of the molecule is Cn1nccc1C(=O)OCC1CCOc2ccccc21. The van der Waals surface area contributed by atoms with Crippen LogP contribution in [0.2, 0.25) is 0 Å². The molecule has 1 aromatic carbocycles. The van der Waals surface area contributed by atoms with Gasteiger partial charge in [0.25, 0.3) is 0 Å². The van der Waals surface area contributed by atoms with Gasteiger partial charge in [-0.3, -0.25) is 4.68 Å². The van der Waals surface area contributed by atoms with E-state index >= 15 is 0 Å². The fourth-order valence-corrected chi connectivity index (χ4v) is 2.41. The van der Waals surface area contributed by atoms with Gasteiger partial charge in [-0.15, -0.1) is 0 Å². The van der Waals surface area contributed by atoms with Crippen LogP contribution >= 0.6 is 0 Å². The second-order valence-electron chi connectivity index (χ2n) is 4.81. The Morgan fingerprint density at radius 3 is 3.10 bits per heavy atom. The molecule has 2 aromatic rings. The molecule has 0 saturated heterocycles. The van der Waals surface area contributed by atoms with Crippen LogP contribution < -0.4 is 4.74 Å². The van der Waals surface area contributed by atoms with E-state index in [-0.39, 0.29) is 11.9 Å². The van der Waals surface area contributed by atoms with Gasteiger partial charge < -0.3 is 9.47 Å². The average molecular weight is 272 g/mol. The Morgan fingerprint density at radius 2 is 2.30 bits per heavy atom. The third kappa shape index (κ3) is 2.39. The van der Waals surface area contributed by atoms with Gasteiger partial charge in [0.05, 0.1) is 13.2 Å². The first-order valence-electron chi connectivity index (χ1n) is 6.62. The standard InChI is InChI=1S/C15H16N2O3/c1-17-13(6-8-16-17)15(18)20-10-11-7-9-19-14-5-3-2-4-12(11)14/h2-6,8,11H,7,9-10H2,1H3. The minimum atomic E-state index is -0.339. The van der Waals surface area contributed by atoms with E-state index in [1.807, 2.05) is 24.3 Å². The molecule has 5 heteroatoms. The van der Waals surface area contributed by atoms with E-state index in [9.17, 15) is 4.79 Å². The van der Waals surface area contributed by atoms with Crippen molar-refractivity contribution in [1.29, 1.82) is 0 Å². The third-order valence-corrected chi connectivity index (χ3v) is 3.53. The van der Waals surface area contributed by atoms with E-state index in [0.717, 1.165) is 17.7 Å². The summed E-state index contributed by atoms with van der Waals surface area (Å²) in [6.07, 6.45) is 2.44. The molecule has 20 heavy (non-hydrogen) atoms. The van der Waals surface area contributed by atoms with Crippen LogP contribution in [0.25, 0.3) is 0 Å². The molecular formula is C15H16N2O3. The Morgan fingerprint density at radius 1 is 1.45 bits per heavy atom. The molecule has 0 N–H and O–H groups in total. The molecule has 0 spiro atoms. The van der Waals surface area contributed by atoms with Crippen LogP contribution in [-0.2, 0) is 11.8 Å². The van der Waals surface area contributed by atoms with E-state index in [2.05, 4.69) is 5.10 Å². The van der Waals surface area contributed by atoms with Crippen molar-refractivity contribution >= 4 is 5.97 Å². The molecule has 0 aliphatic carbocycles. The summed E-state index contributed by atoms with van der Waals surface area (Å²) in [5, 5.41) is 3.96. The van der Waals surface area contributed by atoms with Crippen molar-refractivity contribution in [2.75, 3.05) is 13.2 Å². The Balaban J connectivity index is 1.68. The average Bonchev–Trinajstić information content (AvgIpc) is 2.91. The number of aromatic nitrogens is 2. The number of ether oxygens (including phenoxy) is 2. The van der Waals surface area contributed by atoms with Gasteiger partial charge in [0.15, 0.2) is 0 Å². The third-order valence-electron chi connectivity index (χ3n) is 3.53. The zero-order chi connectivity index (χ0) is 13.9. The van der Waals surface area contributed by atoms with Gasteiger partial charge in [-0.25, -0.2) is 4.79 Å². The minimum Gasteiger partial charge on any atom is -0.493 e. The first kappa shape index (κ1) is 12.7. The molecule has 0 fully saturated rings. The molecule has 1 aliphatic rings. The number of aryl methyl sites for hydroxylation is 1. The van der Waals surface area contributed by atoms with E-state index in [1.54, 1.807) is 19.3 Å². The highest BCUT2D eigenvalue weighted by Gasteiger charge is 2.23. The number of fused-ring (bicyclic) bond motifs is 1. The van der Waals surface area contributed by atoms with Crippen LogP contribution in [0.5, 0.6) is 5.75 Å². The van der Waals surface area contributed by atoms with Crippen molar-refractivity contribution in [3.05, 3.63) is 47.8 Å². The number of hydrogen-bond donors (Lipinski definition) is 0. The van der Waals surface area contributed by atoms with E-state index < -0.39 is 0 Å². The fraction of sp³-hybridized carbons (Fsp3) is 0.333. The van der Waals surface area contributed by atoms with Crippen molar-refractivity contribution in [2.45, 2.75) is 12.3 Å². The predicted molar refractivity (Wildman–Crippen MR) is 72.8 cm³/mol. The molecule has 0 bridgehead atoms. The van der Waals surface area contributed by atoms with Gasteiger partial charge in [0, 0.05) is 24.7 Å². The van der Waals surface area contributed by atoms with Crippen LogP contribution in [0.3, 0.4) is 0 Å². The molecule has 0 saturated carbocycles. The monoisotopic (exact) mass is 272 g/mol. The van der Waals surface area contributed by atoms with Crippen molar-refractivity contribution in [1.82, 2.24) is 9.78 Å². The lowest BCUT2D eigenvalue weighted by Crippen LogP contribution is -2.21. The van der Waals surface area contributed by atoms with Crippen LogP contribution in [0.1, 0.15) is 28.4 Å². The second kappa shape index (κ2) is 5.36. The van der Waals surface area contributed by atoms with Crippen molar-refractivity contribution < 1.29 is 14.3 Å². The van der Waals surface area contributed by atoms with Gasteiger partial charge in [0.1, 0.15) is 11.4 Å². The van der Waals surface area contributed by atoms with Crippen LogP contribution in [0, 0.1) is 0 Å². The fourth-order valence-electron chi connectivity index (χ4n) is 2.41. The number of para-hydroxylation sites is 1. The lowest BCUT2D eigenvalue weighted by atomic mass is 9.94.